The fraction of sp³-hybridized carbons (Fsp3) is 0.200. The average molecular weight is 451 g/mol. The number of amides is 1. The fourth-order valence-electron chi connectivity index (χ4n) is 3.66. The molecule has 4 aromatic rings. The van der Waals surface area contributed by atoms with Gasteiger partial charge in [-0.05, 0) is 67.1 Å². The van der Waals surface area contributed by atoms with Crippen molar-refractivity contribution in [3.8, 4) is 11.4 Å². The SMILES string of the molecule is COCC(=O)N[C@@H](C)[C@H](Oc1ccc2c(cnn2-c2ccc(F)cc2)c1)c1cccc(F)c1. The Labute approximate surface area is 189 Å². The molecule has 1 heterocycles. The molecule has 170 valence electrons. The first-order chi connectivity index (χ1) is 15.9. The molecule has 0 aliphatic rings. The number of rotatable bonds is 8. The molecule has 6 nitrogen and oxygen atoms in total. The highest BCUT2D eigenvalue weighted by Gasteiger charge is 2.24. The molecule has 1 aromatic heterocycles. The van der Waals surface area contributed by atoms with Crippen LogP contribution >= 0.6 is 0 Å². The number of methoxy groups -OCH3 is 1. The predicted octanol–water partition coefficient (Wildman–Crippen LogP) is 4.57. The topological polar surface area (TPSA) is 65.4 Å². The highest BCUT2D eigenvalue weighted by molar-refractivity contribution is 5.81. The van der Waals surface area contributed by atoms with Crippen molar-refractivity contribution < 1.29 is 23.0 Å². The second-order valence-electron chi connectivity index (χ2n) is 7.64. The van der Waals surface area contributed by atoms with Gasteiger partial charge in [0, 0.05) is 12.5 Å². The zero-order chi connectivity index (χ0) is 23.4. The molecule has 0 saturated heterocycles. The van der Waals surface area contributed by atoms with Crippen LogP contribution in [0.15, 0.2) is 72.9 Å². The van der Waals surface area contributed by atoms with Gasteiger partial charge in [-0.1, -0.05) is 12.1 Å². The second kappa shape index (κ2) is 9.79. The number of ether oxygens (including phenoxy) is 2. The van der Waals surface area contributed by atoms with E-state index in [2.05, 4.69) is 10.4 Å². The Morgan fingerprint density at radius 2 is 1.85 bits per heavy atom. The lowest BCUT2D eigenvalue weighted by atomic mass is 10.0. The van der Waals surface area contributed by atoms with Crippen LogP contribution in [0.25, 0.3) is 16.6 Å². The Hall–Kier alpha value is -3.78. The van der Waals surface area contributed by atoms with Gasteiger partial charge in [0.2, 0.25) is 5.91 Å². The Morgan fingerprint density at radius 3 is 2.58 bits per heavy atom. The van der Waals surface area contributed by atoms with Crippen molar-refractivity contribution in [3.05, 3.63) is 90.1 Å². The van der Waals surface area contributed by atoms with Crippen molar-refractivity contribution >= 4 is 16.8 Å². The molecule has 0 aliphatic carbocycles. The van der Waals surface area contributed by atoms with E-state index >= 15 is 0 Å². The number of nitrogens with zero attached hydrogens (tertiary/aromatic N) is 2. The van der Waals surface area contributed by atoms with E-state index in [1.807, 2.05) is 12.1 Å². The smallest absolute Gasteiger partial charge is 0.246 e. The molecule has 0 bridgehead atoms. The number of aromatic nitrogens is 2. The number of nitrogens with one attached hydrogen (secondary N) is 1. The zero-order valence-electron chi connectivity index (χ0n) is 18.2. The van der Waals surface area contributed by atoms with Crippen LogP contribution in [0.5, 0.6) is 5.75 Å². The van der Waals surface area contributed by atoms with Crippen molar-refractivity contribution in [2.24, 2.45) is 0 Å². The van der Waals surface area contributed by atoms with Crippen LogP contribution in [0.2, 0.25) is 0 Å². The average Bonchev–Trinajstić information content (AvgIpc) is 3.21. The van der Waals surface area contributed by atoms with Crippen molar-refractivity contribution in [3.63, 3.8) is 0 Å². The maximum atomic E-state index is 13.9. The number of hydrogen-bond donors (Lipinski definition) is 1. The van der Waals surface area contributed by atoms with Gasteiger partial charge in [0.05, 0.1) is 23.4 Å². The number of fused-ring (bicyclic) bond motifs is 1. The standard InChI is InChI=1S/C25H23F2N3O3/c1-16(29-24(31)15-32-2)25(17-4-3-5-20(27)12-17)33-22-10-11-23-18(13-22)14-28-30(23)21-8-6-19(26)7-9-21/h3-14,16,25H,15H2,1-2H3,(H,29,31)/t16-,25-/m0/s1. The van der Waals surface area contributed by atoms with E-state index in [9.17, 15) is 13.6 Å². The summed E-state index contributed by atoms with van der Waals surface area (Å²) < 4.78 is 40.0. The molecule has 1 N–H and O–H groups in total. The highest BCUT2D eigenvalue weighted by Crippen LogP contribution is 2.29. The van der Waals surface area contributed by atoms with Gasteiger partial charge in [-0.15, -0.1) is 0 Å². The van der Waals surface area contributed by atoms with Gasteiger partial charge in [0.1, 0.15) is 30.1 Å². The molecule has 1 amide bonds. The van der Waals surface area contributed by atoms with Crippen molar-refractivity contribution in [2.45, 2.75) is 19.1 Å². The molecule has 4 rings (SSSR count). The zero-order valence-corrected chi connectivity index (χ0v) is 18.2. The minimum absolute atomic E-state index is 0.0886. The molecule has 0 radical (unpaired) electrons. The monoisotopic (exact) mass is 451 g/mol. The van der Waals surface area contributed by atoms with E-state index in [0.29, 0.717) is 11.3 Å². The van der Waals surface area contributed by atoms with Gasteiger partial charge in [0.25, 0.3) is 0 Å². The lowest BCUT2D eigenvalue weighted by molar-refractivity contribution is -0.126. The first-order valence-corrected chi connectivity index (χ1v) is 10.4. The largest absolute Gasteiger partial charge is 0.484 e. The third kappa shape index (κ3) is 5.18. The van der Waals surface area contributed by atoms with Crippen molar-refractivity contribution in [1.82, 2.24) is 15.1 Å². The Morgan fingerprint density at radius 1 is 1.06 bits per heavy atom. The Bertz CT molecular complexity index is 1260. The molecular weight excluding hydrogens is 428 g/mol. The predicted molar refractivity (Wildman–Crippen MR) is 120 cm³/mol. The van der Waals surface area contributed by atoms with Crippen LogP contribution in [0.1, 0.15) is 18.6 Å². The van der Waals surface area contributed by atoms with Gasteiger partial charge in [-0.3, -0.25) is 4.79 Å². The first-order valence-electron chi connectivity index (χ1n) is 10.4. The minimum atomic E-state index is -0.647. The van der Waals surface area contributed by atoms with Crippen LogP contribution in [0.3, 0.4) is 0 Å². The van der Waals surface area contributed by atoms with E-state index in [4.69, 9.17) is 9.47 Å². The number of benzene rings is 3. The summed E-state index contributed by atoms with van der Waals surface area (Å²) in [6.07, 6.45) is 1.04. The molecule has 0 saturated carbocycles. The van der Waals surface area contributed by atoms with Gasteiger partial charge in [-0.25, -0.2) is 13.5 Å². The lowest BCUT2D eigenvalue weighted by Crippen LogP contribution is -2.40. The van der Waals surface area contributed by atoms with Gasteiger partial charge in [0.15, 0.2) is 0 Å². The molecular formula is C25H23F2N3O3. The highest BCUT2D eigenvalue weighted by atomic mass is 19.1. The third-order valence-corrected chi connectivity index (χ3v) is 5.17. The molecule has 0 aliphatic heterocycles. The van der Waals surface area contributed by atoms with Gasteiger partial charge in [-0.2, -0.15) is 5.10 Å². The van der Waals surface area contributed by atoms with Crippen LogP contribution in [0.4, 0.5) is 8.78 Å². The van der Waals surface area contributed by atoms with Gasteiger partial charge < -0.3 is 14.8 Å². The number of carbonyl (C=O) groups excluding carboxylic acids is 1. The molecule has 33 heavy (non-hydrogen) atoms. The quantitative estimate of drug-likeness (QED) is 0.426. The van der Waals surface area contributed by atoms with Crippen LogP contribution in [-0.2, 0) is 9.53 Å². The Balaban J connectivity index is 1.63. The molecule has 2 atom stereocenters. The van der Waals surface area contributed by atoms with E-state index < -0.39 is 18.0 Å². The number of halogens is 2. The van der Waals surface area contributed by atoms with Crippen LogP contribution in [-0.4, -0.2) is 35.4 Å². The number of carbonyl (C=O) groups is 1. The first kappa shape index (κ1) is 22.4. The summed E-state index contributed by atoms with van der Waals surface area (Å²) in [5, 5.41) is 8.04. The van der Waals surface area contributed by atoms with E-state index in [0.717, 1.165) is 16.6 Å². The van der Waals surface area contributed by atoms with Crippen LogP contribution < -0.4 is 10.1 Å². The maximum Gasteiger partial charge on any atom is 0.246 e. The molecule has 0 fully saturated rings. The summed E-state index contributed by atoms with van der Waals surface area (Å²) >= 11 is 0. The van der Waals surface area contributed by atoms with Gasteiger partial charge >= 0.3 is 0 Å². The van der Waals surface area contributed by atoms with E-state index in [1.165, 1.54) is 31.4 Å². The summed E-state index contributed by atoms with van der Waals surface area (Å²) in [5.74, 6) is -0.483. The Kier molecular flexibility index (Phi) is 6.65. The maximum absolute atomic E-state index is 13.9. The summed E-state index contributed by atoms with van der Waals surface area (Å²) in [5.41, 5.74) is 2.13. The normalized spacial score (nSPS) is 13.0. The molecule has 3 aromatic carbocycles. The third-order valence-electron chi connectivity index (χ3n) is 5.17. The lowest BCUT2D eigenvalue weighted by Gasteiger charge is -2.26. The molecule has 0 spiro atoms. The summed E-state index contributed by atoms with van der Waals surface area (Å²) in [7, 11) is 1.44. The number of hydrogen-bond acceptors (Lipinski definition) is 4. The summed E-state index contributed by atoms with van der Waals surface area (Å²) in [4.78, 5) is 12.0. The molecule has 0 unspecified atom stereocenters. The van der Waals surface area contributed by atoms with Crippen molar-refractivity contribution in [2.75, 3.05) is 13.7 Å². The fourth-order valence-corrected chi connectivity index (χ4v) is 3.66. The van der Waals surface area contributed by atoms with Crippen molar-refractivity contribution in [1.29, 1.82) is 0 Å². The summed E-state index contributed by atoms with van der Waals surface area (Å²) in [6.45, 7) is 1.70. The second-order valence-corrected chi connectivity index (χ2v) is 7.64. The van der Waals surface area contributed by atoms with E-state index in [-0.39, 0.29) is 18.3 Å². The van der Waals surface area contributed by atoms with E-state index in [1.54, 1.807) is 48.1 Å². The van der Waals surface area contributed by atoms with Crippen LogP contribution in [0, 0.1) is 11.6 Å². The molecule has 8 heteroatoms. The minimum Gasteiger partial charge on any atom is -0.484 e. The summed E-state index contributed by atoms with van der Waals surface area (Å²) in [6, 6.07) is 17.1.